The summed E-state index contributed by atoms with van der Waals surface area (Å²) in [6, 6.07) is 13.9. The lowest BCUT2D eigenvalue weighted by Gasteiger charge is -2.19. The molecule has 3 nitrogen and oxygen atoms in total. The van der Waals surface area contributed by atoms with Crippen molar-refractivity contribution in [1.82, 2.24) is 0 Å². The molecule has 6 heteroatoms. The first-order chi connectivity index (χ1) is 12.2. The van der Waals surface area contributed by atoms with Crippen molar-refractivity contribution in [3.8, 4) is 5.75 Å². The lowest BCUT2D eigenvalue weighted by atomic mass is 10.1. The van der Waals surface area contributed by atoms with Crippen LogP contribution in [0.15, 0.2) is 66.2 Å². The molecule has 0 aromatic heterocycles. The molecule has 0 unspecified atom stereocenters. The third-order valence-electron chi connectivity index (χ3n) is 4.02. The Bertz CT molecular complexity index is 834. The molecule has 0 saturated carbocycles. The maximum atomic E-state index is 6.17. The van der Waals surface area contributed by atoms with Gasteiger partial charge in [0, 0.05) is 29.9 Å². The monoisotopic (exact) mass is 424 g/mol. The van der Waals surface area contributed by atoms with Gasteiger partial charge in [0.25, 0.3) is 0 Å². The number of ether oxygens (including phenoxy) is 1. The van der Waals surface area contributed by atoms with E-state index in [4.69, 9.17) is 21.3 Å². The van der Waals surface area contributed by atoms with Crippen molar-refractivity contribution in [2.75, 3.05) is 31.6 Å². The van der Waals surface area contributed by atoms with E-state index >= 15 is 0 Å². The van der Waals surface area contributed by atoms with E-state index in [0.717, 1.165) is 46.4 Å². The molecule has 0 atom stereocenters. The molecule has 0 saturated heterocycles. The van der Waals surface area contributed by atoms with Gasteiger partial charge < -0.3 is 9.64 Å². The van der Waals surface area contributed by atoms with Gasteiger partial charge in [0.15, 0.2) is 0 Å². The Hall–Kier alpha value is -1.94. The van der Waals surface area contributed by atoms with Crippen LogP contribution in [0.5, 0.6) is 5.75 Å². The lowest BCUT2D eigenvalue weighted by Crippen LogP contribution is -2.20. The highest BCUT2D eigenvalue weighted by Gasteiger charge is 2.14. The lowest BCUT2D eigenvalue weighted by molar-refractivity contribution is 0.363. The molecule has 0 spiro atoms. The van der Waals surface area contributed by atoms with E-state index in [-0.39, 0.29) is 24.8 Å². The van der Waals surface area contributed by atoms with E-state index < -0.39 is 0 Å². The average Bonchev–Trinajstić information content (AvgIpc) is 2.77. The summed E-state index contributed by atoms with van der Waals surface area (Å²) in [6.45, 7) is 5.80. The molecule has 0 amide bonds. The summed E-state index contributed by atoms with van der Waals surface area (Å²) in [5.41, 5.74) is 4.24. The minimum absolute atomic E-state index is 0. The van der Waals surface area contributed by atoms with Gasteiger partial charge in [-0.3, -0.25) is 4.99 Å². The van der Waals surface area contributed by atoms with Crippen LogP contribution in [-0.4, -0.2) is 32.5 Å². The maximum Gasteiger partial charge on any atom is 0.120 e. The van der Waals surface area contributed by atoms with Gasteiger partial charge in [-0.15, -0.1) is 24.8 Å². The van der Waals surface area contributed by atoms with Gasteiger partial charge in [-0.25, -0.2) is 0 Å². The molecule has 2 aromatic carbocycles. The number of hydrogen-bond donors (Lipinski definition) is 0. The van der Waals surface area contributed by atoms with Crippen LogP contribution in [0.25, 0.3) is 6.08 Å². The molecule has 3 rings (SSSR count). The van der Waals surface area contributed by atoms with Crippen molar-refractivity contribution >= 4 is 53.9 Å². The standard InChI is InChI=1S/C21H21ClN2O.2ClH/c1-3-13-25-18-6-4-5-16(14-18)7-10-20-19-9-8-17(22)15-21(19)24(2)12-11-23-20;;/h3-10,14-15H,1,11-13H2,2H3;2*1H. The first-order valence-electron chi connectivity index (χ1n) is 8.25. The van der Waals surface area contributed by atoms with Crippen LogP contribution >= 0.6 is 36.4 Å². The Morgan fingerprint density at radius 2 is 2.00 bits per heavy atom. The van der Waals surface area contributed by atoms with Crippen molar-refractivity contribution < 1.29 is 4.74 Å². The van der Waals surface area contributed by atoms with E-state index in [0.29, 0.717) is 6.61 Å². The van der Waals surface area contributed by atoms with Crippen LogP contribution in [0.3, 0.4) is 0 Å². The van der Waals surface area contributed by atoms with E-state index in [1.807, 2.05) is 42.5 Å². The van der Waals surface area contributed by atoms with E-state index in [9.17, 15) is 0 Å². The van der Waals surface area contributed by atoms with Crippen molar-refractivity contribution in [2.45, 2.75) is 0 Å². The number of rotatable bonds is 5. The largest absolute Gasteiger partial charge is 0.490 e. The van der Waals surface area contributed by atoms with Crippen molar-refractivity contribution in [1.29, 1.82) is 0 Å². The third-order valence-corrected chi connectivity index (χ3v) is 4.26. The second-order valence-corrected chi connectivity index (χ2v) is 6.29. The third kappa shape index (κ3) is 6.03. The predicted octanol–water partition coefficient (Wildman–Crippen LogP) is 5.70. The highest BCUT2D eigenvalue weighted by Crippen LogP contribution is 2.27. The highest BCUT2D eigenvalue weighted by atomic mass is 35.5. The Morgan fingerprint density at radius 1 is 1.19 bits per heavy atom. The summed E-state index contributed by atoms with van der Waals surface area (Å²) in [4.78, 5) is 6.92. The van der Waals surface area contributed by atoms with Gasteiger partial charge in [0.1, 0.15) is 12.4 Å². The van der Waals surface area contributed by atoms with Gasteiger partial charge >= 0.3 is 0 Å². The minimum Gasteiger partial charge on any atom is -0.490 e. The summed E-state index contributed by atoms with van der Waals surface area (Å²) < 4.78 is 5.59. The first-order valence-corrected chi connectivity index (χ1v) is 8.62. The normalized spacial score (nSPS) is 13.0. The summed E-state index contributed by atoms with van der Waals surface area (Å²) in [7, 11) is 2.07. The number of anilines is 1. The number of benzodiazepines with no additional fused rings is 1. The summed E-state index contributed by atoms with van der Waals surface area (Å²) in [5, 5.41) is 0.739. The number of hydrogen-bond acceptors (Lipinski definition) is 3. The number of likely N-dealkylation sites (N-methyl/N-ethyl adjacent to an activating group) is 1. The van der Waals surface area contributed by atoms with Gasteiger partial charge in [-0.1, -0.05) is 42.5 Å². The van der Waals surface area contributed by atoms with Gasteiger partial charge in [-0.05, 0) is 42.0 Å². The second kappa shape index (κ2) is 11.0. The molecule has 0 fully saturated rings. The Morgan fingerprint density at radius 3 is 2.78 bits per heavy atom. The van der Waals surface area contributed by atoms with Crippen molar-refractivity contribution in [3.63, 3.8) is 0 Å². The van der Waals surface area contributed by atoms with Crippen LogP contribution < -0.4 is 9.64 Å². The number of benzene rings is 2. The molecule has 144 valence electrons. The molecule has 1 heterocycles. The highest BCUT2D eigenvalue weighted by molar-refractivity contribution is 6.31. The van der Waals surface area contributed by atoms with Crippen LogP contribution in [0, 0.1) is 0 Å². The quantitative estimate of drug-likeness (QED) is 0.574. The molecule has 1 aliphatic rings. The fourth-order valence-electron chi connectivity index (χ4n) is 2.74. The second-order valence-electron chi connectivity index (χ2n) is 5.86. The Labute approximate surface area is 178 Å². The molecule has 27 heavy (non-hydrogen) atoms. The number of fused-ring (bicyclic) bond motifs is 1. The average molecular weight is 426 g/mol. The zero-order valence-electron chi connectivity index (χ0n) is 15.1. The summed E-state index contributed by atoms with van der Waals surface area (Å²) in [6.07, 6.45) is 5.85. The van der Waals surface area contributed by atoms with Gasteiger partial charge in [-0.2, -0.15) is 0 Å². The first kappa shape index (κ1) is 23.1. The number of nitrogens with zero attached hydrogens (tertiary/aromatic N) is 2. The number of allylic oxidation sites excluding steroid dienone is 1. The number of halogens is 3. The van der Waals surface area contributed by atoms with Crippen LogP contribution in [0.1, 0.15) is 11.1 Å². The van der Waals surface area contributed by atoms with E-state index in [2.05, 4.69) is 30.7 Å². The van der Waals surface area contributed by atoms with E-state index in [1.165, 1.54) is 0 Å². The van der Waals surface area contributed by atoms with Crippen LogP contribution in [-0.2, 0) is 0 Å². The molecule has 2 aromatic rings. The Balaban J connectivity index is 0.00000182. The SMILES string of the molecule is C=CCOc1cccc(C=CC2=NCCN(C)c3cc(Cl)ccc32)c1.Cl.Cl. The van der Waals surface area contributed by atoms with Gasteiger partial charge in [0.05, 0.1) is 12.3 Å². The summed E-state index contributed by atoms with van der Waals surface area (Å²) >= 11 is 6.17. The van der Waals surface area contributed by atoms with Crippen LogP contribution in [0.2, 0.25) is 5.02 Å². The zero-order valence-corrected chi connectivity index (χ0v) is 17.5. The van der Waals surface area contributed by atoms with E-state index in [1.54, 1.807) is 6.08 Å². The molecule has 0 radical (unpaired) electrons. The molecule has 0 N–H and O–H groups in total. The Kier molecular flexibility index (Phi) is 9.44. The van der Waals surface area contributed by atoms with Gasteiger partial charge in [0.2, 0.25) is 0 Å². The maximum absolute atomic E-state index is 6.17. The molecular weight excluding hydrogens is 403 g/mol. The fraction of sp³-hybridized carbons (Fsp3) is 0.190. The predicted molar refractivity (Wildman–Crippen MR) is 122 cm³/mol. The smallest absolute Gasteiger partial charge is 0.120 e. The molecule has 0 aliphatic carbocycles. The minimum atomic E-state index is 0. The number of aliphatic imine (C=N–C) groups is 1. The molecule has 1 aliphatic heterocycles. The topological polar surface area (TPSA) is 24.8 Å². The van der Waals surface area contributed by atoms with Crippen molar-refractivity contribution in [2.24, 2.45) is 4.99 Å². The van der Waals surface area contributed by atoms with Crippen LogP contribution in [0.4, 0.5) is 5.69 Å². The fourth-order valence-corrected chi connectivity index (χ4v) is 2.91. The molecule has 0 bridgehead atoms. The summed E-state index contributed by atoms with van der Waals surface area (Å²) in [5.74, 6) is 0.830. The molecular formula is C21H23Cl3N2O. The van der Waals surface area contributed by atoms with Crippen molar-refractivity contribution in [3.05, 3.63) is 77.3 Å². The zero-order chi connectivity index (χ0) is 17.6.